The van der Waals surface area contributed by atoms with E-state index in [0.717, 1.165) is 19.6 Å². The minimum atomic E-state index is -0.328. The van der Waals surface area contributed by atoms with E-state index < -0.39 is 0 Å². The Kier molecular flexibility index (Phi) is 2.70. The molecule has 0 unspecified atom stereocenters. The Morgan fingerprint density at radius 2 is 2.36 bits per heavy atom. The van der Waals surface area contributed by atoms with E-state index in [1.165, 1.54) is 7.11 Å². The molecule has 4 nitrogen and oxygen atoms in total. The van der Waals surface area contributed by atoms with Gasteiger partial charge in [-0.25, -0.2) is 4.79 Å². The average molecular weight is 158 g/mol. The van der Waals surface area contributed by atoms with Gasteiger partial charge >= 0.3 is 6.09 Å². The molecule has 0 bridgehead atoms. The van der Waals surface area contributed by atoms with Crippen molar-refractivity contribution < 1.29 is 9.53 Å². The molecular formula is C7H14N2O2. The van der Waals surface area contributed by atoms with E-state index >= 15 is 0 Å². The molecule has 4 heteroatoms. The average Bonchev–Trinajstić information content (AvgIpc) is 1.95. The fraction of sp³-hybridized carbons (Fsp3) is 0.857. The first kappa shape index (κ1) is 8.33. The van der Waals surface area contributed by atoms with Crippen LogP contribution >= 0.6 is 0 Å². The van der Waals surface area contributed by atoms with Gasteiger partial charge in [-0.15, -0.1) is 0 Å². The van der Waals surface area contributed by atoms with E-state index in [1.807, 2.05) is 0 Å². The second-order valence-corrected chi connectivity index (χ2v) is 2.69. The molecule has 0 aromatic heterocycles. The van der Waals surface area contributed by atoms with Gasteiger partial charge in [-0.3, -0.25) is 4.90 Å². The van der Waals surface area contributed by atoms with Crippen molar-refractivity contribution >= 4 is 6.09 Å². The lowest BCUT2D eigenvalue weighted by atomic mass is 10.1. The molecule has 1 rings (SSSR count). The molecule has 1 saturated heterocycles. The van der Waals surface area contributed by atoms with Crippen LogP contribution in [0.5, 0.6) is 0 Å². The van der Waals surface area contributed by atoms with Crippen LogP contribution in [0.1, 0.15) is 6.92 Å². The van der Waals surface area contributed by atoms with Crippen LogP contribution in [-0.2, 0) is 4.74 Å². The second kappa shape index (κ2) is 3.57. The first-order valence-electron chi connectivity index (χ1n) is 3.83. The summed E-state index contributed by atoms with van der Waals surface area (Å²) in [6.45, 7) is 5.06. The topological polar surface area (TPSA) is 41.6 Å². The maximum atomic E-state index is 10.7. The number of carbonyl (C=O) groups excluding carboxylic acids is 1. The lowest BCUT2D eigenvalue weighted by Gasteiger charge is -2.38. The van der Waals surface area contributed by atoms with E-state index in [1.54, 1.807) is 0 Å². The molecular weight excluding hydrogens is 144 g/mol. The minimum absolute atomic E-state index is 0.294. The molecule has 0 saturated carbocycles. The highest BCUT2D eigenvalue weighted by Gasteiger charge is 2.26. The molecule has 0 atom stereocenters. The lowest BCUT2D eigenvalue weighted by molar-refractivity contribution is 0.115. The van der Waals surface area contributed by atoms with E-state index in [2.05, 4.69) is 21.9 Å². The van der Waals surface area contributed by atoms with Gasteiger partial charge in [0.05, 0.1) is 13.2 Å². The molecule has 1 amide bonds. The van der Waals surface area contributed by atoms with Crippen molar-refractivity contribution in [1.82, 2.24) is 10.2 Å². The molecule has 1 aliphatic heterocycles. The van der Waals surface area contributed by atoms with Crippen molar-refractivity contribution in [2.24, 2.45) is 0 Å². The van der Waals surface area contributed by atoms with E-state index in [-0.39, 0.29) is 6.09 Å². The highest BCUT2D eigenvalue weighted by Crippen LogP contribution is 2.05. The summed E-state index contributed by atoms with van der Waals surface area (Å²) in [7, 11) is 1.38. The number of nitrogens with zero attached hydrogens (tertiary/aromatic N) is 1. The maximum absolute atomic E-state index is 10.7. The summed E-state index contributed by atoms with van der Waals surface area (Å²) in [6, 6.07) is 0.294. The summed E-state index contributed by atoms with van der Waals surface area (Å²) in [6.07, 6.45) is -0.328. The van der Waals surface area contributed by atoms with E-state index in [4.69, 9.17) is 0 Å². The number of methoxy groups -OCH3 is 1. The van der Waals surface area contributed by atoms with Crippen LogP contribution in [0, 0.1) is 0 Å². The van der Waals surface area contributed by atoms with E-state index in [9.17, 15) is 4.79 Å². The van der Waals surface area contributed by atoms with Crippen LogP contribution in [0.4, 0.5) is 4.79 Å². The number of nitrogens with one attached hydrogen (secondary N) is 1. The van der Waals surface area contributed by atoms with Gasteiger partial charge in [0.25, 0.3) is 0 Å². The zero-order valence-corrected chi connectivity index (χ0v) is 6.96. The van der Waals surface area contributed by atoms with Gasteiger partial charge < -0.3 is 10.1 Å². The van der Waals surface area contributed by atoms with Gasteiger partial charge in [0.1, 0.15) is 0 Å². The van der Waals surface area contributed by atoms with Crippen LogP contribution in [0.25, 0.3) is 0 Å². The third-order valence-corrected chi connectivity index (χ3v) is 1.91. The standard InChI is InChI=1S/C7H14N2O2/c1-3-9-4-6(5-9)8-7(10)11-2/h6H,3-5H2,1-2H3,(H,8,10). The van der Waals surface area contributed by atoms with Crippen molar-refractivity contribution in [3.63, 3.8) is 0 Å². The normalized spacial score (nSPS) is 19.1. The number of rotatable bonds is 2. The molecule has 1 fully saturated rings. The van der Waals surface area contributed by atoms with Gasteiger partial charge in [-0.1, -0.05) is 6.92 Å². The number of amides is 1. The Hall–Kier alpha value is -0.770. The second-order valence-electron chi connectivity index (χ2n) is 2.69. The smallest absolute Gasteiger partial charge is 0.407 e. The van der Waals surface area contributed by atoms with Crippen LogP contribution in [0.2, 0.25) is 0 Å². The summed E-state index contributed by atoms with van der Waals surface area (Å²) in [5.74, 6) is 0. The zero-order chi connectivity index (χ0) is 8.27. The molecule has 0 aromatic carbocycles. The van der Waals surface area contributed by atoms with Crippen molar-refractivity contribution in [2.45, 2.75) is 13.0 Å². The number of hydrogen-bond donors (Lipinski definition) is 1. The van der Waals surface area contributed by atoms with Crippen molar-refractivity contribution in [3.05, 3.63) is 0 Å². The Morgan fingerprint density at radius 3 is 2.82 bits per heavy atom. The molecule has 0 radical (unpaired) electrons. The first-order valence-corrected chi connectivity index (χ1v) is 3.83. The van der Waals surface area contributed by atoms with Crippen molar-refractivity contribution in [2.75, 3.05) is 26.7 Å². The molecule has 0 spiro atoms. The Morgan fingerprint density at radius 1 is 1.73 bits per heavy atom. The molecule has 0 aliphatic carbocycles. The maximum Gasteiger partial charge on any atom is 0.407 e. The number of ether oxygens (including phenoxy) is 1. The fourth-order valence-electron chi connectivity index (χ4n) is 1.14. The quantitative estimate of drug-likeness (QED) is 0.617. The minimum Gasteiger partial charge on any atom is -0.453 e. The molecule has 1 N–H and O–H groups in total. The third kappa shape index (κ3) is 2.08. The summed E-state index contributed by atoms with van der Waals surface area (Å²) in [5.41, 5.74) is 0. The number of likely N-dealkylation sites (tertiary alicyclic amines) is 1. The van der Waals surface area contributed by atoms with Gasteiger partial charge in [-0.2, -0.15) is 0 Å². The van der Waals surface area contributed by atoms with Gasteiger partial charge in [0, 0.05) is 13.1 Å². The van der Waals surface area contributed by atoms with Gasteiger partial charge in [0.15, 0.2) is 0 Å². The monoisotopic (exact) mass is 158 g/mol. The van der Waals surface area contributed by atoms with Crippen molar-refractivity contribution in [3.8, 4) is 0 Å². The number of carbonyl (C=O) groups is 1. The van der Waals surface area contributed by atoms with Crippen LogP contribution < -0.4 is 5.32 Å². The SMILES string of the molecule is CCN1CC(NC(=O)OC)C1. The zero-order valence-electron chi connectivity index (χ0n) is 6.96. The predicted molar refractivity (Wildman–Crippen MR) is 41.4 cm³/mol. The number of alkyl carbamates (subject to hydrolysis) is 1. The van der Waals surface area contributed by atoms with Gasteiger partial charge in [-0.05, 0) is 6.54 Å². The summed E-state index contributed by atoms with van der Waals surface area (Å²) >= 11 is 0. The summed E-state index contributed by atoms with van der Waals surface area (Å²) < 4.78 is 4.46. The highest BCUT2D eigenvalue weighted by molar-refractivity contribution is 5.67. The summed E-state index contributed by atoms with van der Waals surface area (Å²) in [5, 5.41) is 2.73. The van der Waals surface area contributed by atoms with Gasteiger partial charge in [0.2, 0.25) is 0 Å². The van der Waals surface area contributed by atoms with Crippen LogP contribution in [0.3, 0.4) is 0 Å². The predicted octanol–water partition coefficient (Wildman–Crippen LogP) is 0.0465. The Bertz CT molecular complexity index is 143. The molecule has 0 aromatic rings. The third-order valence-electron chi connectivity index (χ3n) is 1.91. The van der Waals surface area contributed by atoms with Crippen LogP contribution in [0.15, 0.2) is 0 Å². The Labute approximate surface area is 66.5 Å². The highest BCUT2D eigenvalue weighted by atomic mass is 16.5. The van der Waals surface area contributed by atoms with Crippen LogP contribution in [-0.4, -0.2) is 43.8 Å². The van der Waals surface area contributed by atoms with Crippen molar-refractivity contribution in [1.29, 1.82) is 0 Å². The molecule has 64 valence electrons. The molecule has 1 aliphatic rings. The molecule has 1 heterocycles. The Balaban J connectivity index is 2.08. The summed E-state index contributed by atoms with van der Waals surface area (Å²) in [4.78, 5) is 12.9. The van der Waals surface area contributed by atoms with E-state index in [0.29, 0.717) is 6.04 Å². The lowest BCUT2D eigenvalue weighted by Crippen LogP contribution is -2.58. The first-order chi connectivity index (χ1) is 5.26. The molecule has 11 heavy (non-hydrogen) atoms. The largest absolute Gasteiger partial charge is 0.453 e. The number of hydrogen-bond acceptors (Lipinski definition) is 3. The fourth-order valence-corrected chi connectivity index (χ4v) is 1.14. The number of likely N-dealkylation sites (N-methyl/N-ethyl adjacent to an activating group) is 1.